The predicted octanol–water partition coefficient (Wildman–Crippen LogP) is 4.01. The van der Waals surface area contributed by atoms with Crippen LogP contribution >= 0.6 is 0 Å². The number of fused-ring (bicyclic) bond motifs is 1. The standard InChI is InChI=1S/C24H24N4O3/c1-17(26-24(29)18-8-7-13-25-16-18)23-27-19-9-3-4-10-20(19)28(23)14-15-31-22-12-6-5-11-21(22)30-2/h3-13,16-17H,14-15H2,1-2H3,(H,26,29). The summed E-state index contributed by atoms with van der Waals surface area (Å²) in [4.78, 5) is 21.4. The Bertz CT molecular complexity index is 1170. The third kappa shape index (κ3) is 4.50. The third-order valence-electron chi connectivity index (χ3n) is 4.98. The minimum absolute atomic E-state index is 0.190. The zero-order valence-electron chi connectivity index (χ0n) is 17.5. The minimum atomic E-state index is -0.300. The Kier molecular flexibility index (Phi) is 6.12. The number of nitrogens with one attached hydrogen (secondary N) is 1. The molecule has 1 N–H and O–H groups in total. The number of imidazole rings is 1. The molecule has 2 heterocycles. The summed E-state index contributed by atoms with van der Waals surface area (Å²) < 4.78 is 13.4. The molecular formula is C24H24N4O3. The number of hydrogen-bond acceptors (Lipinski definition) is 5. The molecule has 158 valence electrons. The molecule has 0 saturated carbocycles. The topological polar surface area (TPSA) is 78.3 Å². The van der Waals surface area contributed by atoms with Crippen LogP contribution in [0.3, 0.4) is 0 Å². The van der Waals surface area contributed by atoms with Crippen molar-refractivity contribution in [1.82, 2.24) is 19.9 Å². The van der Waals surface area contributed by atoms with Gasteiger partial charge < -0.3 is 19.4 Å². The van der Waals surface area contributed by atoms with Crippen molar-refractivity contribution in [2.75, 3.05) is 13.7 Å². The van der Waals surface area contributed by atoms with Crippen LogP contribution in [0.15, 0.2) is 73.1 Å². The number of ether oxygens (including phenoxy) is 2. The van der Waals surface area contributed by atoms with E-state index in [1.165, 1.54) is 0 Å². The summed E-state index contributed by atoms with van der Waals surface area (Å²) in [5, 5.41) is 3.02. The van der Waals surface area contributed by atoms with E-state index in [1.807, 2.05) is 55.5 Å². The maximum atomic E-state index is 12.6. The Morgan fingerprint density at radius 3 is 2.61 bits per heavy atom. The summed E-state index contributed by atoms with van der Waals surface area (Å²) in [6.45, 7) is 2.92. The number of carbonyl (C=O) groups is 1. The summed E-state index contributed by atoms with van der Waals surface area (Å²) in [5.74, 6) is 1.95. The molecule has 0 aliphatic carbocycles. The highest BCUT2D eigenvalue weighted by Gasteiger charge is 2.19. The van der Waals surface area contributed by atoms with Crippen LogP contribution in [0.2, 0.25) is 0 Å². The molecule has 31 heavy (non-hydrogen) atoms. The monoisotopic (exact) mass is 416 g/mol. The molecule has 1 amide bonds. The first-order chi connectivity index (χ1) is 15.2. The first-order valence-corrected chi connectivity index (χ1v) is 10.1. The van der Waals surface area contributed by atoms with Crippen LogP contribution in [-0.4, -0.2) is 34.2 Å². The Morgan fingerprint density at radius 1 is 1.06 bits per heavy atom. The van der Waals surface area contributed by atoms with Crippen LogP contribution in [0.5, 0.6) is 11.5 Å². The Balaban J connectivity index is 1.55. The molecule has 1 unspecified atom stereocenters. The molecule has 0 radical (unpaired) electrons. The molecule has 0 spiro atoms. The molecule has 2 aromatic heterocycles. The average Bonchev–Trinajstić information content (AvgIpc) is 3.19. The fourth-order valence-corrected chi connectivity index (χ4v) is 3.49. The Labute approximate surface area is 180 Å². The highest BCUT2D eigenvalue weighted by molar-refractivity contribution is 5.94. The average molecular weight is 416 g/mol. The number of hydrogen-bond donors (Lipinski definition) is 1. The van der Waals surface area contributed by atoms with Gasteiger partial charge in [0.1, 0.15) is 12.4 Å². The lowest BCUT2D eigenvalue weighted by atomic mass is 10.2. The molecule has 7 nitrogen and oxygen atoms in total. The van der Waals surface area contributed by atoms with Gasteiger partial charge in [-0.05, 0) is 43.3 Å². The molecule has 0 aliphatic rings. The maximum Gasteiger partial charge on any atom is 0.253 e. The zero-order valence-corrected chi connectivity index (χ0v) is 17.5. The number of benzene rings is 2. The Morgan fingerprint density at radius 2 is 1.84 bits per heavy atom. The van der Waals surface area contributed by atoms with E-state index in [0.29, 0.717) is 30.2 Å². The van der Waals surface area contributed by atoms with Gasteiger partial charge in [-0.25, -0.2) is 4.98 Å². The molecule has 1 atom stereocenters. The Hall–Kier alpha value is -3.87. The molecule has 7 heteroatoms. The number of pyridine rings is 1. The van der Waals surface area contributed by atoms with Crippen molar-refractivity contribution in [3.05, 3.63) is 84.4 Å². The van der Waals surface area contributed by atoms with E-state index in [1.54, 1.807) is 31.6 Å². The number of rotatable bonds is 8. The summed E-state index contributed by atoms with van der Waals surface area (Å²) in [6, 6.07) is 18.6. The first kappa shape index (κ1) is 20.4. The fourth-order valence-electron chi connectivity index (χ4n) is 3.49. The predicted molar refractivity (Wildman–Crippen MR) is 118 cm³/mol. The summed E-state index contributed by atoms with van der Waals surface area (Å²) in [6.07, 6.45) is 3.19. The normalized spacial score (nSPS) is 11.8. The second-order valence-corrected chi connectivity index (χ2v) is 7.05. The van der Waals surface area contributed by atoms with Crippen molar-refractivity contribution in [2.45, 2.75) is 19.5 Å². The van der Waals surface area contributed by atoms with Crippen LogP contribution < -0.4 is 14.8 Å². The van der Waals surface area contributed by atoms with Gasteiger partial charge in [-0.1, -0.05) is 24.3 Å². The summed E-state index contributed by atoms with van der Waals surface area (Å²) in [7, 11) is 1.62. The lowest BCUT2D eigenvalue weighted by molar-refractivity contribution is 0.0937. The van der Waals surface area contributed by atoms with Crippen LogP contribution in [-0.2, 0) is 6.54 Å². The van der Waals surface area contributed by atoms with Gasteiger partial charge in [0.25, 0.3) is 5.91 Å². The van der Waals surface area contributed by atoms with Gasteiger partial charge in [-0.2, -0.15) is 0 Å². The van der Waals surface area contributed by atoms with Crippen molar-refractivity contribution >= 4 is 16.9 Å². The van der Waals surface area contributed by atoms with Gasteiger partial charge in [0.15, 0.2) is 11.5 Å². The van der Waals surface area contributed by atoms with Crippen molar-refractivity contribution in [2.24, 2.45) is 0 Å². The van der Waals surface area contributed by atoms with Crippen LogP contribution in [0.1, 0.15) is 29.1 Å². The van der Waals surface area contributed by atoms with E-state index in [9.17, 15) is 4.79 Å². The molecule has 0 saturated heterocycles. The zero-order chi connectivity index (χ0) is 21.6. The maximum absolute atomic E-state index is 12.6. The van der Waals surface area contributed by atoms with Crippen molar-refractivity contribution in [1.29, 1.82) is 0 Å². The van der Waals surface area contributed by atoms with Gasteiger partial charge in [0.05, 0.1) is 36.3 Å². The largest absolute Gasteiger partial charge is 0.493 e. The molecule has 2 aromatic carbocycles. The number of nitrogens with zero attached hydrogens (tertiary/aromatic N) is 3. The van der Waals surface area contributed by atoms with Crippen molar-refractivity contribution < 1.29 is 14.3 Å². The number of amides is 1. The second-order valence-electron chi connectivity index (χ2n) is 7.05. The van der Waals surface area contributed by atoms with Gasteiger partial charge in [0, 0.05) is 12.4 Å². The van der Waals surface area contributed by atoms with E-state index in [-0.39, 0.29) is 11.9 Å². The second kappa shape index (κ2) is 9.30. The highest BCUT2D eigenvalue weighted by Crippen LogP contribution is 2.26. The van der Waals surface area contributed by atoms with Crippen LogP contribution in [0.4, 0.5) is 0 Å². The summed E-state index contributed by atoms with van der Waals surface area (Å²) in [5.41, 5.74) is 2.37. The highest BCUT2D eigenvalue weighted by atomic mass is 16.5. The first-order valence-electron chi connectivity index (χ1n) is 10.1. The van der Waals surface area contributed by atoms with Crippen molar-refractivity contribution in [3.8, 4) is 11.5 Å². The van der Waals surface area contributed by atoms with E-state index >= 15 is 0 Å². The number of aromatic nitrogens is 3. The van der Waals surface area contributed by atoms with E-state index in [4.69, 9.17) is 14.5 Å². The van der Waals surface area contributed by atoms with Gasteiger partial charge in [-0.3, -0.25) is 9.78 Å². The molecule has 4 aromatic rings. The molecule has 0 bridgehead atoms. The number of methoxy groups -OCH3 is 1. The molecule has 0 aliphatic heterocycles. The van der Waals surface area contributed by atoms with E-state index < -0.39 is 0 Å². The fraction of sp³-hybridized carbons (Fsp3) is 0.208. The lowest BCUT2D eigenvalue weighted by Gasteiger charge is -2.17. The number of para-hydroxylation sites is 4. The van der Waals surface area contributed by atoms with E-state index in [0.717, 1.165) is 16.9 Å². The van der Waals surface area contributed by atoms with Gasteiger partial charge in [-0.15, -0.1) is 0 Å². The van der Waals surface area contributed by atoms with Crippen LogP contribution in [0.25, 0.3) is 11.0 Å². The van der Waals surface area contributed by atoms with Gasteiger partial charge >= 0.3 is 0 Å². The number of carbonyl (C=O) groups excluding carboxylic acids is 1. The molecule has 4 rings (SSSR count). The SMILES string of the molecule is COc1ccccc1OCCn1c(C(C)NC(=O)c2cccnc2)nc2ccccc21. The minimum Gasteiger partial charge on any atom is -0.493 e. The quantitative estimate of drug-likeness (QED) is 0.470. The third-order valence-corrected chi connectivity index (χ3v) is 4.98. The molecule has 0 fully saturated rings. The lowest BCUT2D eigenvalue weighted by Crippen LogP contribution is -2.29. The van der Waals surface area contributed by atoms with Gasteiger partial charge in [0.2, 0.25) is 0 Å². The van der Waals surface area contributed by atoms with Crippen LogP contribution in [0, 0.1) is 0 Å². The molecular weight excluding hydrogens is 392 g/mol. The smallest absolute Gasteiger partial charge is 0.253 e. The summed E-state index contributed by atoms with van der Waals surface area (Å²) >= 11 is 0. The van der Waals surface area contributed by atoms with E-state index in [2.05, 4.69) is 14.9 Å². The van der Waals surface area contributed by atoms with Crippen molar-refractivity contribution in [3.63, 3.8) is 0 Å².